The Balaban J connectivity index is 1.40. The fourth-order valence-electron chi connectivity index (χ4n) is 6.66. The molecule has 49 heavy (non-hydrogen) atoms. The molecule has 0 saturated heterocycles. The highest BCUT2D eigenvalue weighted by atomic mass is 35.5. The van der Waals surface area contributed by atoms with E-state index in [4.69, 9.17) is 22.3 Å². The Kier molecular flexibility index (Phi) is 10.3. The minimum atomic E-state index is -1.28. The lowest BCUT2D eigenvalue weighted by atomic mass is 9.74. The molecule has 3 amide bonds. The van der Waals surface area contributed by atoms with Crippen molar-refractivity contribution in [3.8, 4) is 11.1 Å². The SMILES string of the molecule is C=CC[C@H](C(N)=O)[C@@H](CC1CCC1)C(=O)NC1N=C(c2ccccc2)c2ccccc2N(Cc2cccc(-c3ccc(F)c(Cl)c3)c2)C1=O. The fourth-order valence-corrected chi connectivity index (χ4v) is 6.84. The van der Waals surface area contributed by atoms with Crippen molar-refractivity contribution in [3.63, 3.8) is 0 Å². The van der Waals surface area contributed by atoms with Gasteiger partial charge in [0, 0.05) is 11.1 Å². The standard InChI is InChI=1S/C40H38ClFN4O3/c1-2-10-30(37(43)47)32(22-25-11-8-12-25)39(48)45-38-40(49)46(24-26-13-9-16-28(21-26)29-19-20-34(42)33(41)23-29)35-18-7-6-17-31(35)36(44-38)27-14-4-3-5-15-27/h2-7,9,13-21,23,25,30,32,38H,1,8,10-12,22,24H2,(H2,43,47)(H,45,48)/t30-,32+,38?/m0/s1. The Morgan fingerprint density at radius 1 is 0.959 bits per heavy atom. The largest absolute Gasteiger partial charge is 0.369 e. The maximum Gasteiger partial charge on any atom is 0.272 e. The highest BCUT2D eigenvalue weighted by Crippen LogP contribution is 2.36. The number of nitrogens with two attached hydrogens (primary N) is 1. The van der Waals surface area contributed by atoms with E-state index in [0.29, 0.717) is 23.7 Å². The van der Waals surface area contributed by atoms with Gasteiger partial charge in [0.05, 0.1) is 34.8 Å². The van der Waals surface area contributed by atoms with Crippen molar-refractivity contribution in [1.29, 1.82) is 0 Å². The number of nitrogens with one attached hydrogen (secondary N) is 1. The molecule has 2 aliphatic rings. The molecule has 250 valence electrons. The summed E-state index contributed by atoms with van der Waals surface area (Å²) in [5, 5.41) is 2.96. The first-order valence-corrected chi connectivity index (χ1v) is 16.9. The Labute approximate surface area is 290 Å². The molecule has 1 fully saturated rings. The first kappa shape index (κ1) is 33.8. The molecule has 9 heteroatoms. The van der Waals surface area contributed by atoms with Crippen LogP contribution in [0.4, 0.5) is 10.1 Å². The molecule has 0 aromatic heterocycles. The maximum absolute atomic E-state index is 14.6. The van der Waals surface area contributed by atoms with Crippen LogP contribution in [0.3, 0.4) is 0 Å². The maximum atomic E-state index is 14.6. The number of primary amides is 1. The number of carbonyl (C=O) groups excluding carboxylic acids is 3. The second kappa shape index (κ2) is 15.0. The Morgan fingerprint density at radius 2 is 1.67 bits per heavy atom. The number of benzodiazepines with no additional fused rings is 1. The van der Waals surface area contributed by atoms with Crippen LogP contribution in [-0.2, 0) is 20.9 Å². The molecule has 0 spiro atoms. The quantitative estimate of drug-likeness (QED) is 0.152. The lowest BCUT2D eigenvalue weighted by molar-refractivity contribution is -0.136. The molecular formula is C40H38ClFN4O3. The normalized spacial score (nSPS) is 17.2. The van der Waals surface area contributed by atoms with Crippen molar-refractivity contribution in [3.05, 3.63) is 137 Å². The summed E-state index contributed by atoms with van der Waals surface area (Å²) in [6, 6.07) is 29.2. The van der Waals surface area contributed by atoms with E-state index in [-0.39, 0.29) is 18.0 Å². The summed E-state index contributed by atoms with van der Waals surface area (Å²) in [7, 11) is 0. The van der Waals surface area contributed by atoms with Crippen molar-refractivity contribution in [2.75, 3.05) is 4.90 Å². The summed E-state index contributed by atoms with van der Waals surface area (Å²) in [6.07, 6.45) is 4.11. The van der Waals surface area contributed by atoms with Crippen molar-refractivity contribution in [1.82, 2.24) is 5.32 Å². The van der Waals surface area contributed by atoms with Gasteiger partial charge in [0.25, 0.3) is 5.91 Å². The number of rotatable bonds is 12. The number of carbonyl (C=O) groups is 3. The van der Waals surface area contributed by atoms with Crippen LogP contribution in [0.1, 0.15) is 48.8 Å². The predicted molar refractivity (Wildman–Crippen MR) is 191 cm³/mol. The number of amides is 3. The number of halogens is 2. The van der Waals surface area contributed by atoms with E-state index >= 15 is 0 Å². The lowest BCUT2D eigenvalue weighted by Crippen LogP contribution is -2.51. The fraction of sp³-hybridized carbons (Fsp3) is 0.250. The zero-order valence-electron chi connectivity index (χ0n) is 27.0. The van der Waals surface area contributed by atoms with Crippen LogP contribution in [0.5, 0.6) is 0 Å². The smallest absolute Gasteiger partial charge is 0.272 e. The van der Waals surface area contributed by atoms with Crippen molar-refractivity contribution < 1.29 is 18.8 Å². The van der Waals surface area contributed by atoms with Crippen molar-refractivity contribution in [2.45, 2.75) is 44.8 Å². The van der Waals surface area contributed by atoms with Gasteiger partial charge in [-0.1, -0.05) is 110 Å². The van der Waals surface area contributed by atoms with Gasteiger partial charge in [-0.25, -0.2) is 9.38 Å². The summed E-state index contributed by atoms with van der Waals surface area (Å²) in [4.78, 5) is 48.0. The first-order valence-electron chi connectivity index (χ1n) is 16.5. The van der Waals surface area contributed by atoms with Crippen LogP contribution in [0.15, 0.2) is 115 Å². The number of benzene rings is 4. The van der Waals surface area contributed by atoms with Gasteiger partial charge in [0.15, 0.2) is 0 Å². The number of anilines is 1. The minimum absolute atomic E-state index is 0.0194. The third-order valence-electron chi connectivity index (χ3n) is 9.48. The van der Waals surface area contributed by atoms with Gasteiger partial charge >= 0.3 is 0 Å². The summed E-state index contributed by atoms with van der Waals surface area (Å²) in [6.45, 7) is 3.94. The van der Waals surface area contributed by atoms with E-state index in [9.17, 15) is 18.8 Å². The van der Waals surface area contributed by atoms with Crippen LogP contribution in [0.25, 0.3) is 11.1 Å². The molecule has 3 atom stereocenters. The number of fused-ring (bicyclic) bond motifs is 1. The van der Waals surface area contributed by atoms with E-state index in [1.165, 1.54) is 6.07 Å². The average Bonchev–Trinajstić information content (AvgIpc) is 3.19. The number of nitrogens with zero attached hydrogens (tertiary/aromatic N) is 2. The Bertz CT molecular complexity index is 1910. The van der Waals surface area contributed by atoms with Gasteiger partial charge in [0.1, 0.15) is 5.82 Å². The Hall–Kier alpha value is -5.08. The number of hydrogen-bond donors (Lipinski definition) is 2. The monoisotopic (exact) mass is 676 g/mol. The summed E-state index contributed by atoms with van der Waals surface area (Å²) in [5.74, 6) is -3.13. The van der Waals surface area contributed by atoms with Crippen molar-refractivity contribution in [2.24, 2.45) is 28.5 Å². The Morgan fingerprint density at radius 3 is 2.37 bits per heavy atom. The molecule has 1 saturated carbocycles. The number of aliphatic imine (C=N–C) groups is 1. The van der Waals surface area contributed by atoms with Crippen LogP contribution >= 0.6 is 11.6 Å². The van der Waals surface area contributed by atoms with Crippen LogP contribution in [0, 0.1) is 23.6 Å². The van der Waals surface area contributed by atoms with Crippen LogP contribution < -0.4 is 16.0 Å². The van der Waals surface area contributed by atoms with Gasteiger partial charge < -0.3 is 16.0 Å². The predicted octanol–water partition coefficient (Wildman–Crippen LogP) is 7.46. The molecule has 1 aliphatic carbocycles. The zero-order valence-corrected chi connectivity index (χ0v) is 27.8. The van der Waals surface area contributed by atoms with Gasteiger partial charge in [-0.2, -0.15) is 0 Å². The van der Waals surface area contributed by atoms with Gasteiger partial charge in [-0.05, 0) is 59.7 Å². The summed E-state index contributed by atoms with van der Waals surface area (Å²) < 4.78 is 13.9. The highest BCUT2D eigenvalue weighted by molar-refractivity contribution is 6.31. The van der Waals surface area contributed by atoms with E-state index in [1.807, 2.05) is 78.9 Å². The van der Waals surface area contributed by atoms with Gasteiger partial charge in [-0.3, -0.25) is 14.4 Å². The third-order valence-corrected chi connectivity index (χ3v) is 9.77. The highest BCUT2D eigenvalue weighted by Gasteiger charge is 2.39. The second-order valence-corrected chi connectivity index (χ2v) is 13.1. The minimum Gasteiger partial charge on any atom is -0.369 e. The van der Waals surface area contributed by atoms with Gasteiger partial charge in [0.2, 0.25) is 18.0 Å². The number of hydrogen-bond acceptors (Lipinski definition) is 4. The first-order chi connectivity index (χ1) is 23.7. The molecule has 0 bridgehead atoms. The van der Waals surface area contributed by atoms with E-state index in [2.05, 4.69) is 11.9 Å². The molecule has 1 unspecified atom stereocenters. The number of para-hydroxylation sites is 1. The molecule has 7 nitrogen and oxygen atoms in total. The van der Waals surface area contributed by atoms with Crippen LogP contribution in [-0.4, -0.2) is 29.6 Å². The molecule has 3 N–H and O–H groups in total. The van der Waals surface area contributed by atoms with Gasteiger partial charge in [-0.15, -0.1) is 6.58 Å². The molecule has 1 heterocycles. The van der Waals surface area contributed by atoms with E-state index in [1.54, 1.807) is 23.1 Å². The van der Waals surface area contributed by atoms with Crippen LogP contribution in [0.2, 0.25) is 5.02 Å². The summed E-state index contributed by atoms with van der Waals surface area (Å²) in [5.41, 5.74) is 10.9. The second-order valence-electron chi connectivity index (χ2n) is 12.7. The van der Waals surface area contributed by atoms with E-state index < -0.39 is 41.5 Å². The molecule has 0 radical (unpaired) electrons. The molecule has 6 rings (SSSR count). The zero-order chi connectivity index (χ0) is 34.5. The molecular weight excluding hydrogens is 639 g/mol. The molecule has 1 aliphatic heterocycles. The number of allylic oxidation sites excluding steroid dienone is 1. The molecule has 4 aromatic carbocycles. The van der Waals surface area contributed by atoms with E-state index in [0.717, 1.165) is 47.1 Å². The topological polar surface area (TPSA) is 105 Å². The average molecular weight is 677 g/mol. The third kappa shape index (κ3) is 7.50. The molecule has 4 aromatic rings. The summed E-state index contributed by atoms with van der Waals surface area (Å²) >= 11 is 6.08. The lowest BCUT2D eigenvalue weighted by Gasteiger charge is -2.33. The van der Waals surface area contributed by atoms with Crippen molar-refractivity contribution >= 4 is 40.7 Å².